The van der Waals surface area contributed by atoms with Gasteiger partial charge in [-0.2, -0.15) is 0 Å². The SMILES string of the molecule is CC(NCCCCC(N)=O)c1ccc(Br)o1. The Bertz CT molecular complexity index is 338. The summed E-state index contributed by atoms with van der Waals surface area (Å²) in [6.07, 6.45) is 2.23. The minimum Gasteiger partial charge on any atom is -0.453 e. The van der Waals surface area contributed by atoms with E-state index in [1.54, 1.807) is 0 Å². The predicted octanol–water partition coefficient (Wildman–Crippen LogP) is 2.35. The second kappa shape index (κ2) is 6.70. The number of amides is 1. The van der Waals surface area contributed by atoms with Gasteiger partial charge in [0.05, 0.1) is 6.04 Å². The van der Waals surface area contributed by atoms with Crippen LogP contribution in [0.2, 0.25) is 0 Å². The van der Waals surface area contributed by atoms with Gasteiger partial charge in [-0.3, -0.25) is 4.79 Å². The summed E-state index contributed by atoms with van der Waals surface area (Å²) in [4.78, 5) is 10.5. The highest BCUT2D eigenvalue weighted by Gasteiger charge is 2.08. The number of hydrogen-bond acceptors (Lipinski definition) is 3. The number of furan rings is 1. The summed E-state index contributed by atoms with van der Waals surface area (Å²) in [5.41, 5.74) is 5.05. The van der Waals surface area contributed by atoms with Gasteiger partial charge >= 0.3 is 0 Å². The summed E-state index contributed by atoms with van der Waals surface area (Å²) < 4.78 is 6.16. The first-order valence-electron chi connectivity index (χ1n) is 5.36. The van der Waals surface area contributed by atoms with Gasteiger partial charge in [0.15, 0.2) is 4.67 Å². The molecule has 0 aliphatic rings. The van der Waals surface area contributed by atoms with Crippen LogP contribution in [-0.4, -0.2) is 12.5 Å². The summed E-state index contributed by atoms with van der Waals surface area (Å²) in [5.74, 6) is 0.671. The van der Waals surface area contributed by atoms with E-state index in [-0.39, 0.29) is 11.9 Å². The van der Waals surface area contributed by atoms with Crippen LogP contribution in [0.1, 0.15) is 38.0 Å². The average Bonchev–Trinajstić information content (AvgIpc) is 2.63. The van der Waals surface area contributed by atoms with Crippen LogP contribution < -0.4 is 11.1 Å². The van der Waals surface area contributed by atoms with Crippen LogP contribution in [0.5, 0.6) is 0 Å². The van der Waals surface area contributed by atoms with Gasteiger partial charge in [0.25, 0.3) is 0 Å². The molecule has 1 rings (SSSR count). The first-order valence-corrected chi connectivity index (χ1v) is 6.16. The molecule has 3 N–H and O–H groups in total. The van der Waals surface area contributed by atoms with E-state index < -0.39 is 0 Å². The third-order valence-electron chi connectivity index (χ3n) is 2.32. The third kappa shape index (κ3) is 4.81. The largest absolute Gasteiger partial charge is 0.453 e. The molecule has 0 aromatic carbocycles. The van der Waals surface area contributed by atoms with Gasteiger partial charge in [-0.05, 0) is 54.4 Å². The monoisotopic (exact) mass is 288 g/mol. The molecule has 0 bridgehead atoms. The highest BCUT2D eigenvalue weighted by atomic mass is 79.9. The van der Waals surface area contributed by atoms with Crippen LogP contribution in [0.3, 0.4) is 0 Å². The molecule has 0 aliphatic carbocycles. The lowest BCUT2D eigenvalue weighted by Gasteiger charge is -2.10. The maximum absolute atomic E-state index is 10.5. The fourth-order valence-corrected chi connectivity index (χ4v) is 1.72. The Morgan fingerprint density at radius 2 is 2.31 bits per heavy atom. The van der Waals surface area contributed by atoms with Gasteiger partial charge in [-0.1, -0.05) is 0 Å². The second-order valence-corrected chi connectivity index (χ2v) is 4.52. The van der Waals surface area contributed by atoms with Gasteiger partial charge in [0, 0.05) is 6.42 Å². The van der Waals surface area contributed by atoms with Gasteiger partial charge in [0.1, 0.15) is 5.76 Å². The van der Waals surface area contributed by atoms with Crippen molar-refractivity contribution in [1.82, 2.24) is 5.32 Å². The molecule has 0 saturated heterocycles. The van der Waals surface area contributed by atoms with E-state index in [1.165, 1.54) is 0 Å². The average molecular weight is 289 g/mol. The number of hydrogen-bond donors (Lipinski definition) is 2. The molecule has 1 amide bonds. The molecule has 1 atom stereocenters. The number of unbranched alkanes of at least 4 members (excludes halogenated alkanes) is 1. The Balaban J connectivity index is 2.15. The number of nitrogens with two attached hydrogens (primary N) is 1. The molecule has 0 radical (unpaired) electrons. The molecule has 90 valence electrons. The molecule has 5 heteroatoms. The van der Waals surface area contributed by atoms with Crippen molar-refractivity contribution in [3.63, 3.8) is 0 Å². The summed E-state index contributed by atoms with van der Waals surface area (Å²) in [5, 5.41) is 3.32. The van der Waals surface area contributed by atoms with E-state index in [2.05, 4.69) is 21.2 Å². The maximum atomic E-state index is 10.5. The molecule has 0 fully saturated rings. The van der Waals surface area contributed by atoms with E-state index in [9.17, 15) is 4.79 Å². The van der Waals surface area contributed by atoms with Crippen LogP contribution in [0.4, 0.5) is 0 Å². The quantitative estimate of drug-likeness (QED) is 0.757. The standard InChI is InChI=1S/C11H17BrN2O2/c1-8(9-5-6-10(12)16-9)14-7-3-2-4-11(13)15/h5-6,8,14H,2-4,7H2,1H3,(H2,13,15). The highest BCUT2D eigenvalue weighted by molar-refractivity contribution is 9.10. The number of primary amides is 1. The molecule has 4 nitrogen and oxygen atoms in total. The van der Waals surface area contributed by atoms with Crippen molar-refractivity contribution in [3.8, 4) is 0 Å². The third-order valence-corrected chi connectivity index (χ3v) is 2.75. The van der Waals surface area contributed by atoms with Crippen LogP contribution in [0.25, 0.3) is 0 Å². The summed E-state index contributed by atoms with van der Waals surface area (Å²) >= 11 is 3.26. The molecular weight excluding hydrogens is 272 g/mol. The smallest absolute Gasteiger partial charge is 0.217 e. The van der Waals surface area contributed by atoms with Crippen LogP contribution in [0, 0.1) is 0 Å². The molecule has 0 spiro atoms. The van der Waals surface area contributed by atoms with E-state index in [0.717, 1.165) is 29.8 Å². The number of rotatable bonds is 7. The second-order valence-electron chi connectivity index (χ2n) is 3.74. The van der Waals surface area contributed by atoms with E-state index in [1.807, 2.05) is 19.1 Å². The van der Waals surface area contributed by atoms with Gasteiger partial charge in [-0.15, -0.1) is 0 Å². The number of nitrogens with one attached hydrogen (secondary N) is 1. The molecule has 0 aliphatic heterocycles. The Hall–Kier alpha value is -0.810. The fourth-order valence-electron chi connectivity index (χ4n) is 1.40. The van der Waals surface area contributed by atoms with E-state index >= 15 is 0 Å². The molecule has 1 aromatic rings. The van der Waals surface area contributed by atoms with E-state index in [0.29, 0.717) is 6.42 Å². The molecule has 1 aromatic heterocycles. The van der Waals surface area contributed by atoms with Crippen molar-refractivity contribution in [3.05, 3.63) is 22.6 Å². The van der Waals surface area contributed by atoms with Gasteiger partial charge < -0.3 is 15.5 Å². The summed E-state index contributed by atoms with van der Waals surface area (Å²) in [6, 6.07) is 3.99. The zero-order chi connectivity index (χ0) is 12.0. The molecule has 0 saturated carbocycles. The molecule has 1 heterocycles. The molecule has 1 unspecified atom stereocenters. The number of halogens is 1. The lowest BCUT2D eigenvalue weighted by atomic mass is 10.2. The first kappa shape index (κ1) is 13.3. The fraction of sp³-hybridized carbons (Fsp3) is 0.545. The zero-order valence-electron chi connectivity index (χ0n) is 9.33. The van der Waals surface area contributed by atoms with Crippen molar-refractivity contribution in [2.75, 3.05) is 6.54 Å². The lowest BCUT2D eigenvalue weighted by molar-refractivity contribution is -0.118. The van der Waals surface area contributed by atoms with Crippen molar-refractivity contribution in [2.24, 2.45) is 5.73 Å². The number of carbonyl (C=O) groups excluding carboxylic acids is 1. The predicted molar refractivity (Wildman–Crippen MR) is 65.9 cm³/mol. The molecule has 16 heavy (non-hydrogen) atoms. The highest BCUT2D eigenvalue weighted by Crippen LogP contribution is 2.19. The lowest BCUT2D eigenvalue weighted by Crippen LogP contribution is -2.20. The Kier molecular flexibility index (Phi) is 5.55. The van der Waals surface area contributed by atoms with Gasteiger partial charge in [-0.25, -0.2) is 0 Å². The zero-order valence-corrected chi connectivity index (χ0v) is 10.9. The van der Waals surface area contributed by atoms with Crippen molar-refractivity contribution < 1.29 is 9.21 Å². The first-order chi connectivity index (χ1) is 7.59. The van der Waals surface area contributed by atoms with Gasteiger partial charge in [0.2, 0.25) is 5.91 Å². The normalized spacial score (nSPS) is 12.6. The number of carbonyl (C=O) groups is 1. The Morgan fingerprint density at radius 3 is 2.88 bits per heavy atom. The maximum Gasteiger partial charge on any atom is 0.217 e. The van der Waals surface area contributed by atoms with Crippen LogP contribution in [-0.2, 0) is 4.79 Å². The minimum atomic E-state index is -0.233. The summed E-state index contributed by atoms with van der Waals surface area (Å²) in [6.45, 7) is 2.89. The molecular formula is C11H17BrN2O2. The topological polar surface area (TPSA) is 68.3 Å². The van der Waals surface area contributed by atoms with Crippen LogP contribution >= 0.6 is 15.9 Å². The Labute approximate surface area is 104 Å². The Morgan fingerprint density at radius 1 is 1.56 bits per heavy atom. The van der Waals surface area contributed by atoms with Crippen molar-refractivity contribution in [2.45, 2.75) is 32.2 Å². The van der Waals surface area contributed by atoms with Crippen LogP contribution in [0.15, 0.2) is 21.2 Å². The van der Waals surface area contributed by atoms with Crippen molar-refractivity contribution in [1.29, 1.82) is 0 Å². The van der Waals surface area contributed by atoms with E-state index in [4.69, 9.17) is 10.2 Å². The summed E-state index contributed by atoms with van der Waals surface area (Å²) in [7, 11) is 0. The van der Waals surface area contributed by atoms with Crippen molar-refractivity contribution >= 4 is 21.8 Å². The minimum absolute atomic E-state index is 0.180.